The van der Waals surface area contributed by atoms with Crippen LogP contribution in [0.25, 0.3) is 0 Å². The van der Waals surface area contributed by atoms with Gasteiger partial charge in [-0.2, -0.15) is 0 Å². The van der Waals surface area contributed by atoms with Crippen LogP contribution in [-0.4, -0.2) is 42.2 Å². The minimum absolute atomic E-state index is 0.00289. The van der Waals surface area contributed by atoms with Crippen LogP contribution in [0.4, 0.5) is 11.4 Å². The van der Waals surface area contributed by atoms with E-state index in [2.05, 4.69) is 15.0 Å². The van der Waals surface area contributed by atoms with Crippen molar-refractivity contribution >= 4 is 28.9 Å². The number of carbonyl (C=O) groups is 1. The van der Waals surface area contributed by atoms with E-state index in [0.717, 1.165) is 6.42 Å². The molecule has 108 valence electrons. The van der Waals surface area contributed by atoms with Crippen molar-refractivity contribution < 1.29 is 19.2 Å². The molecule has 1 aromatic rings. The van der Waals surface area contributed by atoms with Gasteiger partial charge in [0.2, 0.25) is 5.15 Å². The van der Waals surface area contributed by atoms with Crippen LogP contribution in [0.3, 0.4) is 0 Å². The van der Waals surface area contributed by atoms with Crippen LogP contribution < -0.4 is 5.32 Å². The Kier molecular flexibility index (Phi) is 4.35. The summed E-state index contributed by atoms with van der Waals surface area (Å²) in [4.78, 5) is 25.5. The van der Waals surface area contributed by atoms with E-state index in [9.17, 15) is 14.9 Å². The number of methoxy groups -OCH3 is 1. The zero-order valence-corrected chi connectivity index (χ0v) is 11.3. The standard InChI is InChI=1S/C11H12ClN3O5/c1-19-11(16)8-4-7(13-5-6-2-3-20-6)9(15(17)18)10(12)14-8/h4,6H,2-3,5H2,1H3,(H,13,14)/t6-/m0/s1. The number of anilines is 1. The number of rotatable bonds is 5. The van der Waals surface area contributed by atoms with Crippen molar-refractivity contribution in [1.82, 2.24) is 4.98 Å². The fourth-order valence-corrected chi connectivity index (χ4v) is 1.96. The van der Waals surface area contributed by atoms with Gasteiger partial charge in [-0.25, -0.2) is 9.78 Å². The maximum Gasteiger partial charge on any atom is 0.356 e. The number of carbonyl (C=O) groups excluding carboxylic acids is 1. The molecule has 0 amide bonds. The third-order valence-electron chi connectivity index (χ3n) is 2.84. The highest BCUT2D eigenvalue weighted by molar-refractivity contribution is 6.32. The first-order valence-electron chi connectivity index (χ1n) is 5.81. The van der Waals surface area contributed by atoms with Crippen molar-refractivity contribution in [2.45, 2.75) is 12.5 Å². The number of pyridine rings is 1. The Morgan fingerprint density at radius 3 is 2.95 bits per heavy atom. The number of halogens is 1. The Morgan fingerprint density at radius 1 is 1.75 bits per heavy atom. The molecule has 2 rings (SSSR count). The number of nitrogens with zero attached hydrogens (tertiary/aromatic N) is 2. The van der Waals surface area contributed by atoms with Crippen molar-refractivity contribution in [1.29, 1.82) is 0 Å². The largest absolute Gasteiger partial charge is 0.464 e. The van der Waals surface area contributed by atoms with Crippen molar-refractivity contribution in [2.75, 3.05) is 25.6 Å². The molecule has 9 heteroatoms. The van der Waals surface area contributed by atoms with E-state index in [0.29, 0.717) is 13.2 Å². The third kappa shape index (κ3) is 2.97. The molecule has 1 aromatic heterocycles. The average Bonchev–Trinajstić information content (AvgIpc) is 2.34. The highest BCUT2D eigenvalue weighted by Crippen LogP contribution is 2.32. The lowest BCUT2D eigenvalue weighted by Gasteiger charge is -2.26. The highest BCUT2D eigenvalue weighted by Gasteiger charge is 2.26. The van der Waals surface area contributed by atoms with Gasteiger partial charge in [-0.15, -0.1) is 0 Å². The van der Waals surface area contributed by atoms with Crippen molar-refractivity contribution in [3.05, 3.63) is 27.0 Å². The maximum atomic E-state index is 11.4. The van der Waals surface area contributed by atoms with Gasteiger partial charge in [-0.3, -0.25) is 10.1 Å². The summed E-state index contributed by atoms with van der Waals surface area (Å²) in [5.74, 6) is -0.718. The van der Waals surface area contributed by atoms with Crippen LogP contribution in [0.15, 0.2) is 6.07 Å². The first-order chi connectivity index (χ1) is 9.52. The molecule has 0 bridgehead atoms. The lowest BCUT2D eigenvalue weighted by Crippen LogP contribution is -2.33. The molecule has 0 spiro atoms. The summed E-state index contributed by atoms with van der Waals surface area (Å²) in [6.07, 6.45) is 0.881. The van der Waals surface area contributed by atoms with E-state index in [1.807, 2.05) is 0 Å². The fraction of sp³-hybridized carbons (Fsp3) is 0.455. The van der Waals surface area contributed by atoms with E-state index < -0.39 is 10.9 Å². The molecule has 0 aromatic carbocycles. The first kappa shape index (κ1) is 14.5. The normalized spacial score (nSPS) is 17.2. The Morgan fingerprint density at radius 2 is 2.45 bits per heavy atom. The molecule has 8 nitrogen and oxygen atoms in total. The lowest BCUT2D eigenvalue weighted by atomic mass is 10.2. The lowest BCUT2D eigenvalue weighted by molar-refractivity contribution is -0.384. The van der Waals surface area contributed by atoms with E-state index >= 15 is 0 Å². The number of ether oxygens (including phenoxy) is 2. The third-order valence-corrected chi connectivity index (χ3v) is 3.10. The van der Waals surface area contributed by atoms with Crippen LogP contribution in [0, 0.1) is 10.1 Å². The van der Waals surface area contributed by atoms with Crippen LogP contribution in [0.2, 0.25) is 5.15 Å². The smallest absolute Gasteiger partial charge is 0.356 e. The molecule has 2 heterocycles. The molecule has 0 unspecified atom stereocenters. The van der Waals surface area contributed by atoms with Crippen molar-refractivity contribution in [3.8, 4) is 0 Å². The van der Waals surface area contributed by atoms with Gasteiger partial charge < -0.3 is 14.8 Å². The van der Waals surface area contributed by atoms with Crippen molar-refractivity contribution in [3.63, 3.8) is 0 Å². The Hall–Kier alpha value is -1.93. The molecule has 1 fully saturated rings. The summed E-state index contributed by atoms with van der Waals surface area (Å²) in [6.45, 7) is 1.07. The second-order valence-corrected chi connectivity index (χ2v) is 4.46. The van der Waals surface area contributed by atoms with Gasteiger partial charge in [0.1, 0.15) is 5.69 Å². The van der Waals surface area contributed by atoms with Gasteiger partial charge in [-0.05, 0) is 6.42 Å². The molecular formula is C11H12ClN3O5. The second-order valence-electron chi connectivity index (χ2n) is 4.11. The Labute approximate surface area is 119 Å². The topological polar surface area (TPSA) is 104 Å². The number of nitro groups is 1. The Balaban J connectivity index is 2.30. The van der Waals surface area contributed by atoms with Crippen LogP contribution >= 0.6 is 11.6 Å². The van der Waals surface area contributed by atoms with E-state index in [1.54, 1.807) is 0 Å². The summed E-state index contributed by atoms with van der Waals surface area (Å²) < 4.78 is 9.73. The van der Waals surface area contributed by atoms with E-state index in [4.69, 9.17) is 16.3 Å². The van der Waals surface area contributed by atoms with Crippen molar-refractivity contribution in [2.24, 2.45) is 0 Å². The number of esters is 1. The zero-order valence-electron chi connectivity index (χ0n) is 10.6. The monoisotopic (exact) mass is 301 g/mol. The molecule has 1 saturated heterocycles. The summed E-state index contributed by atoms with van der Waals surface area (Å²) in [5.41, 5.74) is -0.357. The molecule has 0 radical (unpaired) electrons. The predicted molar refractivity (Wildman–Crippen MR) is 70.1 cm³/mol. The van der Waals surface area contributed by atoms with E-state index in [1.165, 1.54) is 13.2 Å². The maximum absolute atomic E-state index is 11.4. The molecule has 0 saturated carbocycles. The predicted octanol–water partition coefficient (Wildman–Crippen LogP) is 1.63. The fourth-order valence-electron chi connectivity index (χ4n) is 1.69. The first-order valence-corrected chi connectivity index (χ1v) is 6.19. The van der Waals surface area contributed by atoms with E-state index in [-0.39, 0.29) is 28.3 Å². The molecular weight excluding hydrogens is 290 g/mol. The molecule has 1 aliphatic rings. The molecule has 0 aliphatic carbocycles. The minimum atomic E-state index is -0.718. The van der Waals surface area contributed by atoms with Gasteiger partial charge in [0.25, 0.3) is 0 Å². The van der Waals surface area contributed by atoms with Gasteiger partial charge in [0.15, 0.2) is 5.69 Å². The Bertz CT molecular complexity index is 547. The quantitative estimate of drug-likeness (QED) is 0.381. The molecule has 1 atom stereocenters. The van der Waals surface area contributed by atoms with Gasteiger partial charge >= 0.3 is 11.7 Å². The summed E-state index contributed by atoms with van der Waals surface area (Å²) in [6, 6.07) is 1.24. The molecule has 20 heavy (non-hydrogen) atoms. The minimum Gasteiger partial charge on any atom is -0.464 e. The zero-order chi connectivity index (χ0) is 14.7. The summed E-state index contributed by atoms with van der Waals surface area (Å²) in [7, 11) is 1.19. The SMILES string of the molecule is COC(=O)c1cc(NC[C@@H]2CCO2)c([N+](=O)[O-])c(Cl)n1. The number of hydrogen-bond acceptors (Lipinski definition) is 7. The average molecular weight is 302 g/mol. The van der Waals surface area contributed by atoms with Crippen LogP contribution in [-0.2, 0) is 9.47 Å². The highest BCUT2D eigenvalue weighted by atomic mass is 35.5. The number of aromatic nitrogens is 1. The summed E-state index contributed by atoms with van der Waals surface area (Å²) in [5, 5.41) is 13.5. The van der Waals surface area contributed by atoms with Gasteiger partial charge in [0, 0.05) is 19.2 Å². The van der Waals surface area contributed by atoms with Crippen LogP contribution in [0.5, 0.6) is 0 Å². The number of hydrogen-bond donors (Lipinski definition) is 1. The molecule has 1 aliphatic heterocycles. The summed E-state index contributed by atoms with van der Waals surface area (Å²) >= 11 is 5.76. The van der Waals surface area contributed by atoms with Gasteiger partial charge in [0.05, 0.1) is 18.1 Å². The second kappa shape index (κ2) is 6.02. The molecule has 1 N–H and O–H groups in total. The van der Waals surface area contributed by atoms with Crippen LogP contribution in [0.1, 0.15) is 16.9 Å². The number of nitrogens with one attached hydrogen (secondary N) is 1. The van der Waals surface area contributed by atoms with Gasteiger partial charge in [-0.1, -0.05) is 11.6 Å².